The van der Waals surface area contributed by atoms with Gasteiger partial charge in [0.15, 0.2) is 6.29 Å². The van der Waals surface area contributed by atoms with Crippen LogP contribution in [0.15, 0.2) is 0 Å². The zero-order chi connectivity index (χ0) is 12.7. The first-order valence-electron chi connectivity index (χ1n) is 4.69. The lowest BCUT2D eigenvalue weighted by molar-refractivity contribution is -0.141. The molecule has 0 aliphatic carbocycles. The van der Waals surface area contributed by atoms with Crippen molar-refractivity contribution in [1.82, 2.24) is 5.32 Å². The minimum atomic E-state index is -1.35. The molecule has 4 N–H and O–H groups in total. The number of rotatable bonds is 7. The summed E-state index contributed by atoms with van der Waals surface area (Å²) in [5.74, 6) is -4.31. The van der Waals surface area contributed by atoms with Gasteiger partial charge in [-0.25, -0.2) is 0 Å². The maximum atomic E-state index is 11.4. The standard InChI is InChI=1S/C9H14N2O5/c1-2-11-8(14)5(7(13)4-12)3-6(10)9(15)16/h4-6H,2-3,10H2,1H3,(H,11,14)(H,15,16)/t5?,6-/m0/s1. The van der Waals surface area contributed by atoms with Crippen LogP contribution in [0.3, 0.4) is 0 Å². The average molecular weight is 230 g/mol. The molecule has 0 aromatic rings. The van der Waals surface area contributed by atoms with E-state index in [1.807, 2.05) is 0 Å². The van der Waals surface area contributed by atoms with Crippen LogP contribution in [0, 0.1) is 5.92 Å². The topological polar surface area (TPSA) is 127 Å². The average Bonchev–Trinajstić information content (AvgIpc) is 2.24. The van der Waals surface area contributed by atoms with Crippen LogP contribution < -0.4 is 11.1 Å². The number of amides is 1. The summed E-state index contributed by atoms with van der Waals surface area (Å²) in [6.07, 6.45) is -0.396. The molecule has 7 heteroatoms. The van der Waals surface area contributed by atoms with Crippen LogP contribution in [0.4, 0.5) is 0 Å². The first-order chi connectivity index (χ1) is 7.43. The minimum Gasteiger partial charge on any atom is -0.480 e. The van der Waals surface area contributed by atoms with E-state index in [4.69, 9.17) is 10.8 Å². The summed E-state index contributed by atoms with van der Waals surface area (Å²) in [7, 11) is 0. The molecule has 1 unspecified atom stereocenters. The van der Waals surface area contributed by atoms with Gasteiger partial charge in [0.2, 0.25) is 11.7 Å². The number of carboxylic acid groups (broad SMARTS) is 1. The number of hydrogen-bond acceptors (Lipinski definition) is 5. The molecule has 0 aliphatic heterocycles. The van der Waals surface area contributed by atoms with Gasteiger partial charge in [-0.15, -0.1) is 0 Å². The van der Waals surface area contributed by atoms with Gasteiger partial charge in [-0.05, 0) is 13.3 Å². The second-order valence-corrected chi connectivity index (χ2v) is 3.15. The third-order valence-electron chi connectivity index (χ3n) is 1.93. The lowest BCUT2D eigenvalue weighted by atomic mass is 9.95. The number of hydrogen-bond donors (Lipinski definition) is 3. The Hall–Kier alpha value is -1.76. The largest absolute Gasteiger partial charge is 0.480 e. The van der Waals surface area contributed by atoms with Crippen molar-refractivity contribution in [2.24, 2.45) is 11.7 Å². The Balaban J connectivity index is 4.67. The summed E-state index contributed by atoms with van der Waals surface area (Å²) in [4.78, 5) is 43.2. The van der Waals surface area contributed by atoms with Crippen LogP contribution in [0.25, 0.3) is 0 Å². The maximum Gasteiger partial charge on any atom is 0.320 e. The zero-order valence-electron chi connectivity index (χ0n) is 8.80. The highest BCUT2D eigenvalue weighted by Gasteiger charge is 2.30. The van der Waals surface area contributed by atoms with E-state index in [1.165, 1.54) is 0 Å². The van der Waals surface area contributed by atoms with E-state index in [-0.39, 0.29) is 12.8 Å². The molecule has 0 rings (SSSR count). The summed E-state index contributed by atoms with van der Waals surface area (Å²) in [6, 6.07) is -1.35. The van der Waals surface area contributed by atoms with Crippen LogP contribution in [0.2, 0.25) is 0 Å². The molecule has 0 saturated heterocycles. The Kier molecular flexibility index (Phi) is 5.94. The van der Waals surface area contributed by atoms with Gasteiger partial charge in [0.05, 0.1) is 0 Å². The number of aliphatic carboxylic acids is 1. The molecule has 0 bridgehead atoms. The molecular formula is C9H14N2O5. The van der Waals surface area contributed by atoms with Crippen LogP contribution in [0.1, 0.15) is 13.3 Å². The number of carbonyl (C=O) groups excluding carboxylic acids is 3. The molecule has 2 atom stereocenters. The highest BCUT2D eigenvalue weighted by atomic mass is 16.4. The summed E-state index contributed by atoms with van der Waals surface area (Å²) in [5, 5.41) is 10.9. The van der Waals surface area contributed by atoms with E-state index in [1.54, 1.807) is 6.92 Å². The SMILES string of the molecule is CCNC(=O)C(C[C@H](N)C(=O)O)C(=O)C=O. The first kappa shape index (κ1) is 14.2. The Morgan fingerprint density at radius 2 is 2.00 bits per heavy atom. The number of carboxylic acids is 1. The van der Waals surface area contributed by atoms with Crippen molar-refractivity contribution in [2.45, 2.75) is 19.4 Å². The van der Waals surface area contributed by atoms with Crippen molar-refractivity contribution in [2.75, 3.05) is 6.54 Å². The molecule has 0 aliphatic rings. The molecule has 0 fully saturated rings. The number of carbonyl (C=O) groups is 4. The van der Waals surface area contributed by atoms with E-state index < -0.39 is 36.0 Å². The van der Waals surface area contributed by atoms with Gasteiger partial charge in [0, 0.05) is 6.54 Å². The molecule has 0 heterocycles. The molecule has 0 radical (unpaired) electrons. The van der Waals surface area contributed by atoms with E-state index >= 15 is 0 Å². The fourth-order valence-electron chi connectivity index (χ4n) is 1.09. The van der Waals surface area contributed by atoms with Gasteiger partial charge in [-0.1, -0.05) is 0 Å². The van der Waals surface area contributed by atoms with Gasteiger partial charge < -0.3 is 16.2 Å². The molecule has 0 aromatic carbocycles. The van der Waals surface area contributed by atoms with Crippen molar-refractivity contribution in [3.63, 3.8) is 0 Å². The normalized spacial score (nSPS) is 13.6. The van der Waals surface area contributed by atoms with Crippen LogP contribution in [-0.2, 0) is 19.2 Å². The number of aldehydes is 1. The smallest absolute Gasteiger partial charge is 0.320 e. The Morgan fingerprint density at radius 1 is 1.44 bits per heavy atom. The Bertz CT molecular complexity index is 302. The molecule has 0 aromatic heterocycles. The fraction of sp³-hybridized carbons (Fsp3) is 0.556. The van der Waals surface area contributed by atoms with Crippen molar-refractivity contribution in [1.29, 1.82) is 0 Å². The predicted octanol–water partition coefficient (Wildman–Crippen LogP) is -1.69. The monoisotopic (exact) mass is 230 g/mol. The minimum absolute atomic E-state index is 0.00548. The zero-order valence-corrected chi connectivity index (χ0v) is 8.80. The molecule has 7 nitrogen and oxygen atoms in total. The van der Waals surface area contributed by atoms with E-state index in [9.17, 15) is 19.2 Å². The van der Waals surface area contributed by atoms with Gasteiger partial charge >= 0.3 is 5.97 Å². The van der Waals surface area contributed by atoms with Gasteiger partial charge in [0.25, 0.3) is 0 Å². The fourth-order valence-corrected chi connectivity index (χ4v) is 1.09. The Morgan fingerprint density at radius 3 is 2.38 bits per heavy atom. The van der Waals surface area contributed by atoms with E-state index in [0.29, 0.717) is 0 Å². The van der Waals surface area contributed by atoms with Gasteiger partial charge in [-0.3, -0.25) is 19.2 Å². The lowest BCUT2D eigenvalue weighted by Gasteiger charge is -2.14. The summed E-state index contributed by atoms with van der Waals surface area (Å²) in [5.41, 5.74) is 5.20. The summed E-state index contributed by atoms with van der Waals surface area (Å²) >= 11 is 0. The molecule has 1 amide bonds. The number of nitrogens with two attached hydrogens (primary N) is 1. The number of nitrogens with one attached hydrogen (secondary N) is 1. The van der Waals surface area contributed by atoms with Crippen molar-refractivity contribution in [3.8, 4) is 0 Å². The van der Waals surface area contributed by atoms with Crippen molar-refractivity contribution >= 4 is 23.9 Å². The van der Waals surface area contributed by atoms with Crippen molar-refractivity contribution < 1.29 is 24.3 Å². The van der Waals surface area contributed by atoms with Crippen LogP contribution in [-0.4, -0.2) is 41.6 Å². The Labute approximate surface area is 92.0 Å². The highest BCUT2D eigenvalue weighted by molar-refractivity contribution is 6.31. The van der Waals surface area contributed by atoms with Gasteiger partial charge in [-0.2, -0.15) is 0 Å². The molecule has 0 spiro atoms. The second-order valence-electron chi connectivity index (χ2n) is 3.15. The van der Waals surface area contributed by atoms with Crippen molar-refractivity contribution in [3.05, 3.63) is 0 Å². The predicted molar refractivity (Wildman–Crippen MR) is 53.5 cm³/mol. The lowest BCUT2D eigenvalue weighted by Crippen LogP contribution is -2.42. The third kappa shape index (κ3) is 4.18. The van der Waals surface area contributed by atoms with Crippen LogP contribution >= 0.6 is 0 Å². The second kappa shape index (κ2) is 6.67. The first-order valence-corrected chi connectivity index (χ1v) is 4.69. The highest BCUT2D eigenvalue weighted by Crippen LogP contribution is 2.07. The molecule has 0 saturated carbocycles. The molecule has 16 heavy (non-hydrogen) atoms. The van der Waals surface area contributed by atoms with E-state index in [2.05, 4.69) is 5.32 Å². The summed E-state index contributed by atoms with van der Waals surface area (Å²) < 4.78 is 0. The molecular weight excluding hydrogens is 216 g/mol. The van der Waals surface area contributed by atoms with Crippen LogP contribution in [0.5, 0.6) is 0 Å². The van der Waals surface area contributed by atoms with Gasteiger partial charge in [0.1, 0.15) is 12.0 Å². The van der Waals surface area contributed by atoms with E-state index in [0.717, 1.165) is 0 Å². The summed E-state index contributed by atoms with van der Waals surface area (Å²) in [6.45, 7) is 1.92. The third-order valence-corrected chi connectivity index (χ3v) is 1.93. The quantitative estimate of drug-likeness (QED) is 0.272. The molecule has 90 valence electrons. The number of ketones is 1. The maximum absolute atomic E-state index is 11.4. The number of Topliss-reactive ketones (excluding diaryl/α,β-unsaturated/α-hetero) is 1.